The van der Waals surface area contributed by atoms with E-state index in [1.807, 2.05) is 25.1 Å². The third-order valence-electron chi connectivity index (χ3n) is 2.78. The smallest absolute Gasteiger partial charge is 0.307 e. The summed E-state index contributed by atoms with van der Waals surface area (Å²) in [7, 11) is 1.39. The summed E-state index contributed by atoms with van der Waals surface area (Å²) in [5, 5.41) is 6.68. The number of ether oxygens (including phenoxy) is 1. The molecule has 0 aliphatic heterocycles. The standard InChI is InChI=1S/C16H25N3O2S.HI/c1-4-17-16(18-11-10-15(20)21-3)19-12-13(2)22-14-8-6-5-7-9-14;/h5-9,13H,4,10-12H2,1-3H3,(H2,17,18,19);1H. The Balaban J connectivity index is 0.00000484. The molecule has 0 heterocycles. The highest BCUT2D eigenvalue weighted by atomic mass is 127. The van der Waals surface area contributed by atoms with Crippen molar-refractivity contribution in [3.05, 3.63) is 30.3 Å². The normalized spacial score (nSPS) is 12.0. The molecule has 0 aliphatic carbocycles. The van der Waals surface area contributed by atoms with E-state index in [4.69, 9.17) is 0 Å². The summed E-state index contributed by atoms with van der Waals surface area (Å²) in [5.74, 6) is 0.503. The van der Waals surface area contributed by atoms with E-state index in [-0.39, 0.29) is 29.9 Å². The molecule has 0 spiro atoms. The molecule has 23 heavy (non-hydrogen) atoms. The van der Waals surface area contributed by atoms with Gasteiger partial charge in [-0.1, -0.05) is 25.1 Å². The largest absolute Gasteiger partial charge is 0.469 e. The summed E-state index contributed by atoms with van der Waals surface area (Å²) in [5.41, 5.74) is 0. The number of methoxy groups -OCH3 is 1. The number of carbonyl (C=O) groups is 1. The number of esters is 1. The van der Waals surface area contributed by atoms with Crippen molar-refractivity contribution in [3.63, 3.8) is 0 Å². The second kappa shape index (κ2) is 13.5. The number of rotatable bonds is 8. The van der Waals surface area contributed by atoms with Gasteiger partial charge in [0.2, 0.25) is 0 Å². The summed E-state index contributed by atoms with van der Waals surface area (Å²) < 4.78 is 4.61. The first-order valence-corrected chi connectivity index (χ1v) is 8.34. The van der Waals surface area contributed by atoms with Gasteiger partial charge in [-0.15, -0.1) is 35.7 Å². The molecule has 0 fully saturated rings. The number of carbonyl (C=O) groups excluding carboxylic acids is 1. The molecule has 1 rings (SSSR count). The van der Waals surface area contributed by atoms with Crippen LogP contribution in [0.3, 0.4) is 0 Å². The summed E-state index contributed by atoms with van der Waals surface area (Å²) in [6.07, 6.45) is 0.329. The highest BCUT2D eigenvalue weighted by molar-refractivity contribution is 14.0. The Labute approximate surface area is 160 Å². The molecule has 7 heteroatoms. The monoisotopic (exact) mass is 451 g/mol. The number of hydrogen-bond donors (Lipinski definition) is 2. The lowest BCUT2D eigenvalue weighted by molar-refractivity contribution is -0.140. The van der Waals surface area contributed by atoms with Gasteiger partial charge in [-0.2, -0.15) is 0 Å². The number of halogens is 1. The van der Waals surface area contributed by atoms with Crippen molar-refractivity contribution in [2.75, 3.05) is 26.7 Å². The van der Waals surface area contributed by atoms with Crippen LogP contribution in [0.5, 0.6) is 0 Å². The Bertz CT molecular complexity index is 472. The predicted molar refractivity (Wildman–Crippen MR) is 108 cm³/mol. The number of aliphatic imine (C=N–C) groups is 1. The number of thioether (sulfide) groups is 1. The topological polar surface area (TPSA) is 62.7 Å². The summed E-state index contributed by atoms with van der Waals surface area (Å²) in [6.45, 7) is 6.16. The Morgan fingerprint density at radius 1 is 1.30 bits per heavy atom. The first-order chi connectivity index (χ1) is 10.7. The lowest BCUT2D eigenvalue weighted by Crippen LogP contribution is -2.38. The summed E-state index contributed by atoms with van der Waals surface area (Å²) in [6, 6.07) is 10.3. The van der Waals surface area contributed by atoms with Crippen molar-refractivity contribution in [1.82, 2.24) is 10.6 Å². The fourth-order valence-electron chi connectivity index (χ4n) is 1.72. The molecule has 0 amide bonds. The van der Waals surface area contributed by atoms with Gasteiger partial charge in [0, 0.05) is 23.2 Å². The SMILES string of the molecule is CCNC(=NCC(C)Sc1ccccc1)NCCC(=O)OC.I. The molecule has 1 atom stereocenters. The van der Waals surface area contributed by atoms with E-state index in [0.717, 1.165) is 12.5 Å². The molecule has 0 saturated carbocycles. The maximum Gasteiger partial charge on any atom is 0.307 e. The van der Waals surface area contributed by atoms with Crippen LogP contribution >= 0.6 is 35.7 Å². The molecule has 5 nitrogen and oxygen atoms in total. The zero-order chi connectivity index (χ0) is 16.2. The average molecular weight is 451 g/mol. The van der Waals surface area contributed by atoms with Crippen LogP contribution in [0.25, 0.3) is 0 Å². The minimum Gasteiger partial charge on any atom is -0.469 e. The third kappa shape index (κ3) is 10.4. The van der Waals surface area contributed by atoms with E-state index in [1.165, 1.54) is 12.0 Å². The van der Waals surface area contributed by atoms with Crippen molar-refractivity contribution in [2.24, 2.45) is 4.99 Å². The predicted octanol–water partition coefficient (Wildman–Crippen LogP) is 2.90. The van der Waals surface area contributed by atoms with Crippen molar-refractivity contribution >= 4 is 47.7 Å². The van der Waals surface area contributed by atoms with Crippen LogP contribution in [-0.4, -0.2) is 43.9 Å². The molecule has 2 N–H and O–H groups in total. The third-order valence-corrected chi connectivity index (χ3v) is 3.88. The molecule has 1 aromatic rings. The number of nitrogens with zero attached hydrogens (tertiary/aromatic N) is 1. The van der Waals surface area contributed by atoms with Crippen LogP contribution < -0.4 is 10.6 Å². The minimum absolute atomic E-state index is 0. The lowest BCUT2D eigenvalue weighted by atomic mass is 10.4. The van der Waals surface area contributed by atoms with E-state index in [1.54, 1.807) is 11.8 Å². The van der Waals surface area contributed by atoms with Gasteiger partial charge in [0.15, 0.2) is 5.96 Å². The average Bonchev–Trinajstić information content (AvgIpc) is 2.53. The number of benzene rings is 1. The van der Waals surface area contributed by atoms with Crippen LogP contribution in [0, 0.1) is 0 Å². The van der Waals surface area contributed by atoms with Crippen LogP contribution in [0.4, 0.5) is 0 Å². The Kier molecular flexibility index (Phi) is 12.9. The Morgan fingerprint density at radius 2 is 2.00 bits per heavy atom. The molecule has 1 aromatic carbocycles. The zero-order valence-electron chi connectivity index (χ0n) is 13.9. The quantitative estimate of drug-likeness (QED) is 0.209. The first kappa shape index (κ1) is 22.0. The van der Waals surface area contributed by atoms with E-state index < -0.39 is 0 Å². The Morgan fingerprint density at radius 3 is 2.61 bits per heavy atom. The zero-order valence-corrected chi connectivity index (χ0v) is 17.0. The molecule has 0 aliphatic rings. The molecule has 1 unspecified atom stereocenters. The highest BCUT2D eigenvalue weighted by Gasteiger charge is 2.05. The molecular formula is C16H26IN3O2S. The summed E-state index contributed by atoms with van der Waals surface area (Å²) >= 11 is 1.80. The van der Waals surface area contributed by atoms with Crippen LogP contribution in [0.15, 0.2) is 40.2 Å². The van der Waals surface area contributed by atoms with Crippen molar-refractivity contribution < 1.29 is 9.53 Å². The van der Waals surface area contributed by atoms with Gasteiger partial charge in [0.25, 0.3) is 0 Å². The van der Waals surface area contributed by atoms with Gasteiger partial charge in [0.05, 0.1) is 20.1 Å². The van der Waals surface area contributed by atoms with E-state index >= 15 is 0 Å². The van der Waals surface area contributed by atoms with Gasteiger partial charge in [-0.3, -0.25) is 9.79 Å². The van der Waals surface area contributed by atoms with Crippen LogP contribution in [0.1, 0.15) is 20.3 Å². The maximum atomic E-state index is 11.1. The van der Waals surface area contributed by atoms with Gasteiger partial charge >= 0.3 is 5.97 Å². The van der Waals surface area contributed by atoms with Crippen molar-refractivity contribution in [1.29, 1.82) is 0 Å². The fourth-order valence-corrected chi connectivity index (χ4v) is 2.64. The second-order valence-corrected chi connectivity index (χ2v) is 6.23. The van der Waals surface area contributed by atoms with Crippen LogP contribution in [-0.2, 0) is 9.53 Å². The molecule has 0 bridgehead atoms. The van der Waals surface area contributed by atoms with Crippen molar-refractivity contribution in [3.8, 4) is 0 Å². The maximum absolute atomic E-state index is 11.1. The number of nitrogens with one attached hydrogen (secondary N) is 2. The molecule has 130 valence electrons. The van der Waals surface area contributed by atoms with Gasteiger partial charge in [-0.05, 0) is 19.1 Å². The van der Waals surface area contributed by atoms with Crippen molar-refractivity contribution in [2.45, 2.75) is 30.4 Å². The minimum atomic E-state index is -0.226. The van der Waals surface area contributed by atoms with E-state index in [2.05, 4.69) is 39.4 Å². The summed E-state index contributed by atoms with van der Waals surface area (Å²) in [4.78, 5) is 16.9. The van der Waals surface area contributed by atoms with E-state index in [9.17, 15) is 4.79 Å². The number of guanidine groups is 1. The first-order valence-electron chi connectivity index (χ1n) is 7.46. The van der Waals surface area contributed by atoms with Gasteiger partial charge in [-0.25, -0.2) is 0 Å². The molecule has 0 saturated heterocycles. The van der Waals surface area contributed by atoms with E-state index in [0.29, 0.717) is 24.8 Å². The number of hydrogen-bond acceptors (Lipinski definition) is 4. The second-order valence-electron chi connectivity index (χ2n) is 4.71. The van der Waals surface area contributed by atoms with Gasteiger partial charge in [0.1, 0.15) is 0 Å². The highest BCUT2D eigenvalue weighted by Crippen LogP contribution is 2.22. The molecular weight excluding hydrogens is 425 g/mol. The lowest BCUT2D eigenvalue weighted by Gasteiger charge is -2.13. The molecule has 0 radical (unpaired) electrons. The molecule has 0 aromatic heterocycles. The fraction of sp³-hybridized carbons (Fsp3) is 0.500. The van der Waals surface area contributed by atoms with Crippen LogP contribution in [0.2, 0.25) is 0 Å². The Hall–Kier alpha value is -0.960. The van der Waals surface area contributed by atoms with Gasteiger partial charge < -0.3 is 15.4 Å².